The van der Waals surface area contributed by atoms with Crippen LogP contribution in [0.2, 0.25) is 0 Å². The minimum Gasteiger partial charge on any atom is -0.0783 e. The maximum absolute atomic E-state index is 4.92. The molecule has 1 radical (unpaired) electrons. The van der Waals surface area contributed by atoms with Gasteiger partial charge in [0.15, 0.2) is 0 Å². The average Bonchev–Trinajstić information content (AvgIpc) is 1.88. The molecule has 0 saturated carbocycles. The predicted octanol–water partition coefficient (Wildman–Crippen LogP) is 3.80. The van der Waals surface area contributed by atoms with Crippen molar-refractivity contribution in [3.05, 3.63) is 0 Å². The molecule has 9 heavy (non-hydrogen) atoms. The normalized spacial score (nSPS) is 10.7. The van der Waals surface area contributed by atoms with E-state index in [1.165, 1.54) is 25.7 Å². The molecule has 0 aliphatic heterocycles. The summed E-state index contributed by atoms with van der Waals surface area (Å²) in [6.45, 7) is 4.43. The Balaban J connectivity index is 3.18. The zero-order valence-electron chi connectivity index (χ0n) is 6.22. The SMILES string of the molecule is CCCC(CCC)S[S]. The van der Waals surface area contributed by atoms with Crippen LogP contribution in [0.15, 0.2) is 0 Å². The highest BCUT2D eigenvalue weighted by molar-refractivity contribution is 8.68. The molecule has 0 amide bonds. The summed E-state index contributed by atoms with van der Waals surface area (Å²) in [5.41, 5.74) is 0. The summed E-state index contributed by atoms with van der Waals surface area (Å²) in [4.78, 5) is 0. The fraction of sp³-hybridized carbons (Fsp3) is 1.00. The molecule has 0 bridgehead atoms. The van der Waals surface area contributed by atoms with E-state index in [1.807, 2.05) is 0 Å². The summed E-state index contributed by atoms with van der Waals surface area (Å²) in [5, 5.41) is 0.745. The van der Waals surface area contributed by atoms with Crippen molar-refractivity contribution in [3.63, 3.8) is 0 Å². The van der Waals surface area contributed by atoms with Crippen molar-refractivity contribution in [1.29, 1.82) is 0 Å². The third kappa shape index (κ3) is 5.16. The molecule has 0 rings (SSSR count). The second kappa shape index (κ2) is 6.81. The van der Waals surface area contributed by atoms with Crippen LogP contribution in [0.3, 0.4) is 0 Å². The Morgan fingerprint density at radius 2 is 1.67 bits per heavy atom. The Kier molecular flexibility index (Phi) is 7.34. The molecular formula is C7H15S2. The van der Waals surface area contributed by atoms with Gasteiger partial charge in [-0.3, -0.25) is 0 Å². The highest BCUT2D eigenvalue weighted by atomic mass is 33.1. The largest absolute Gasteiger partial charge is 0.0783 e. The van der Waals surface area contributed by atoms with Crippen molar-refractivity contribution in [2.45, 2.75) is 44.8 Å². The Bertz CT molecular complexity index is 48.9. The molecule has 0 aromatic carbocycles. The molecule has 0 atom stereocenters. The van der Waals surface area contributed by atoms with Crippen molar-refractivity contribution < 1.29 is 0 Å². The molecule has 0 heterocycles. The molecule has 0 unspecified atom stereocenters. The third-order valence-electron chi connectivity index (χ3n) is 1.36. The van der Waals surface area contributed by atoms with Gasteiger partial charge in [0, 0.05) is 5.25 Å². The Morgan fingerprint density at radius 3 is 1.89 bits per heavy atom. The van der Waals surface area contributed by atoms with E-state index >= 15 is 0 Å². The molecule has 2 heteroatoms. The zero-order valence-corrected chi connectivity index (χ0v) is 7.86. The van der Waals surface area contributed by atoms with Crippen molar-refractivity contribution in [2.75, 3.05) is 0 Å². The summed E-state index contributed by atoms with van der Waals surface area (Å²) < 4.78 is 0. The first kappa shape index (κ1) is 9.70. The van der Waals surface area contributed by atoms with Crippen molar-refractivity contribution in [1.82, 2.24) is 0 Å². The van der Waals surface area contributed by atoms with Gasteiger partial charge in [0.25, 0.3) is 0 Å². The van der Waals surface area contributed by atoms with Crippen LogP contribution in [0.1, 0.15) is 39.5 Å². The second-order valence-corrected chi connectivity index (χ2v) is 3.73. The lowest BCUT2D eigenvalue weighted by Gasteiger charge is -2.08. The van der Waals surface area contributed by atoms with Crippen molar-refractivity contribution in [3.8, 4) is 0 Å². The van der Waals surface area contributed by atoms with Crippen LogP contribution in [0.4, 0.5) is 0 Å². The van der Waals surface area contributed by atoms with E-state index in [-0.39, 0.29) is 0 Å². The van der Waals surface area contributed by atoms with Crippen LogP contribution in [0, 0.1) is 0 Å². The quantitative estimate of drug-likeness (QED) is 0.555. The summed E-state index contributed by atoms with van der Waals surface area (Å²) >= 11 is 4.92. The lowest BCUT2D eigenvalue weighted by Crippen LogP contribution is -1.97. The van der Waals surface area contributed by atoms with Gasteiger partial charge >= 0.3 is 0 Å². The van der Waals surface area contributed by atoms with E-state index in [2.05, 4.69) is 13.8 Å². The van der Waals surface area contributed by atoms with Gasteiger partial charge in [0.1, 0.15) is 0 Å². The van der Waals surface area contributed by atoms with Gasteiger partial charge in [-0.1, -0.05) is 37.5 Å². The van der Waals surface area contributed by atoms with Crippen LogP contribution in [0.25, 0.3) is 0 Å². The maximum atomic E-state index is 4.92. The molecule has 0 aliphatic carbocycles. The van der Waals surface area contributed by atoms with Crippen LogP contribution in [-0.4, -0.2) is 5.25 Å². The smallest absolute Gasteiger partial charge is 0.0159 e. The van der Waals surface area contributed by atoms with E-state index in [1.54, 1.807) is 10.8 Å². The van der Waals surface area contributed by atoms with E-state index in [0.29, 0.717) is 0 Å². The van der Waals surface area contributed by atoms with Gasteiger partial charge in [0.2, 0.25) is 0 Å². The van der Waals surface area contributed by atoms with Crippen molar-refractivity contribution >= 4 is 22.5 Å². The molecule has 0 nitrogen and oxygen atoms in total. The highest BCUT2D eigenvalue weighted by Gasteiger charge is 2.03. The molecule has 0 saturated heterocycles. The standard InChI is InChI=1S/C7H15S2/c1-3-5-7(9-8)6-4-2/h7H,3-6H2,1-2H3. The second-order valence-electron chi connectivity index (χ2n) is 2.30. The molecule has 0 spiro atoms. The zero-order chi connectivity index (χ0) is 7.11. The lowest BCUT2D eigenvalue weighted by molar-refractivity contribution is 0.676. The minimum atomic E-state index is 0.745. The van der Waals surface area contributed by atoms with Gasteiger partial charge in [-0.25, -0.2) is 0 Å². The third-order valence-corrected chi connectivity index (χ3v) is 2.92. The molecular weight excluding hydrogens is 148 g/mol. The van der Waals surface area contributed by atoms with E-state index in [0.717, 1.165) is 5.25 Å². The predicted molar refractivity (Wildman–Crippen MR) is 48.8 cm³/mol. The van der Waals surface area contributed by atoms with E-state index in [4.69, 9.17) is 11.7 Å². The molecule has 0 aromatic rings. The monoisotopic (exact) mass is 163 g/mol. The lowest BCUT2D eigenvalue weighted by atomic mass is 10.2. The Labute approximate surface area is 67.6 Å². The minimum absolute atomic E-state index is 0.745. The van der Waals surface area contributed by atoms with Gasteiger partial charge in [0.05, 0.1) is 0 Å². The Hall–Kier alpha value is 0.700. The number of hydrogen-bond donors (Lipinski definition) is 0. The fourth-order valence-corrected chi connectivity index (χ4v) is 2.13. The maximum Gasteiger partial charge on any atom is 0.0159 e. The van der Waals surface area contributed by atoms with Gasteiger partial charge in [-0.2, -0.15) is 0 Å². The van der Waals surface area contributed by atoms with Crippen LogP contribution in [0.5, 0.6) is 0 Å². The fourth-order valence-electron chi connectivity index (χ4n) is 0.885. The molecule has 0 aliphatic rings. The molecule has 0 N–H and O–H groups in total. The topological polar surface area (TPSA) is 0 Å². The van der Waals surface area contributed by atoms with Gasteiger partial charge < -0.3 is 0 Å². The summed E-state index contributed by atoms with van der Waals surface area (Å²) in [7, 11) is 1.60. The van der Waals surface area contributed by atoms with Crippen LogP contribution < -0.4 is 0 Å². The Morgan fingerprint density at radius 1 is 1.22 bits per heavy atom. The van der Waals surface area contributed by atoms with Crippen LogP contribution >= 0.6 is 22.5 Å². The molecule has 0 aromatic heterocycles. The summed E-state index contributed by atoms with van der Waals surface area (Å²) in [6.07, 6.45) is 5.13. The summed E-state index contributed by atoms with van der Waals surface area (Å²) in [5.74, 6) is 0. The van der Waals surface area contributed by atoms with E-state index in [9.17, 15) is 0 Å². The number of hydrogen-bond acceptors (Lipinski definition) is 1. The molecule has 55 valence electrons. The first-order valence-corrected chi connectivity index (χ1v) is 5.44. The van der Waals surface area contributed by atoms with Gasteiger partial charge in [-0.15, -0.1) is 0 Å². The number of rotatable bonds is 5. The van der Waals surface area contributed by atoms with Gasteiger partial charge in [-0.05, 0) is 24.5 Å². The van der Waals surface area contributed by atoms with E-state index < -0.39 is 0 Å². The first-order valence-electron chi connectivity index (χ1n) is 3.63. The molecule has 0 fully saturated rings. The first-order chi connectivity index (χ1) is 4.35. The average molecular weight is 163 g/mol. The summed E-state index contributed by atoms with van der Waals surface area (Å²) in [6, 6.07) is 0. The van der Waals surface area contributed by atoms with Crippen molar-refractivity contribution in [2.24, 2.45) is 0 Å². The highest BCUT2D eigenvalue weighted by Crippen LogP contribution is 2.23. The van der Waals surface area contributed by atoms with Crippen LogP contribution in [-0.2, 0) is 0 Å².